The lowest BCUT2D eigenvalue weighted by atomic mass is 10.2. The Morgan fingerprint density at radius 3 is 2.31 bits per heavy atom. The average Bonchev–Trinajstić information content (AvgIpc) is 2.32. The monoisotopic (exact) mass is 260 g/mol. The summed E-state index contributed by atoms with van der Waals surface area (Å²) < 4.78 is 0. The van der Waals surface area contributed by atoms with Gasteiger partial charge in [-0.2, -0.15) is 0 Å². The molecule has 1 aliphatic rings. The van der Waals surface area contributed by atoms with Crippen LogP contribution in [0.3, 0.4) is 0 Å². The predicted molar refractivity (Wildman–Crippen MR) is 67.8 cm³/mol. The molecular weight excluding hydrogens is 247 g/mol. The number of aromatic nitrogens is 2. The Labute approximate surface area is 105 Å². The summed E-state index contributed by atoms with van der Waals surface area (Å²) in [7, 11) is 0. The van der Waals surface area contributed by atoms with Crippen LogP contribution in [0.4, 0.5) is 11.5 Å². The molecule has 2 rings (SSSR count). The first-order chi connectivity index (χ1) is 7.69. The summed E-state index contributed by atoms with van der Waals surface area (Å²) in [4.78, 5) is 4.35. The normalized spacial score (nSPS) is 15.2. The molecule has 0 saturated carbocycles. The minimum absolute atomic E-state index is 0.275. The molecule has 4 nitrogen and oxygen atoms in total. The fourth-order valence-electron chi connectivity index (χ4n) is 1.95. The molecule has 0 atom stereocenters. The van der Waals surface area contributed by atoms with Gasteiger partial charge in [0.15, 0.2) is 11.0 Å². The smallest absolute Gasteiger partial charge is 0.176 e. The molecule has 0 aliphatic carbocycles. The van der Waals surface area contributed by atoms with Crippen molar-refractivity contribution in [2.45, 2.75) is 13.8 Å². The van der Waals surface area contributed by atoms with Gasteiger partial charge in [-0.05, 0) is 13.8 Å². The van der Waals surface area contributed by atoms with E-state index in [0.29, 0.717) is 5.02 Å². The first-order valence-electron chi connectivity index (χ1n) is 5.40. The number of halogens is 2. The Bertz CT molecular complexity index is 397. The Hall–Kier alpha value is -0.740. The lowest BCUT2D eigenvalue weighted by Crippen LogP contribution is -2.41. The Morgan fingerprint density at radius 1 is 1.06 bits per heavy atom. The van der Waals surface area contributed by atoms with Gasteiger partial charge in [0, 0.05) is 26.2 Å². The molecule has 0 fully saturated rings. The van der Waals surface area contributed by atoms with Crippen molar-refractivity contribution in [3.63, 3.8) is 0 Å². The summed E-state index contributed by atoms with van der Waals surface area (Å²) >= 11 is 12.1. The molecule has 0 N–H and O–H groups in total. The highest BCUT2D eigenvalue weighted by atomic mass is 35.5. The third kappa shape index (κ3) is 1.80. The Morgan fingerprint density at radius 2 is 1.69 bits per heavy atom. The van der Waals surface area contributed by atoms with Crippen LogP contribution in [0.2, 0.25) is 10.2 Å². The van der Waals surface area contributed by atoms with Crippen molar-refractivity contribution < 1.29 is 0 Å². The van der Waals surface area contributed by atoms with E-state index in [0.717, 1.165) is 37.7 Å². The van der Waals surface area contributed by atoms with Gasteiger partial charge in [0.05, 0.1) is 0 Å². The summed E-state index contributed by atoms with van der Waals surface area (Å²) in [5, 5.41) is 8.80. The average molecular weight is 261 g/mol. The van der Waals surface area contributed by atoms with E-state index in [1.807, 2.05) is 0 Å². The van der Waals surface area contributed by atoms with E-state index in [1.54, 1.807) is 0 Å². The summed E-state index contributed by atoms with van der Waals surface area (Å²) in [6.45, 7) is 7.87. The van der Waals surface area contributed by atoms with Crippen LogP contribution in [0.15, 0.2) is 0 Å². The molecule has 1 aliphatic heterocycles. The quantitative estimate of drug-likeness (QED) is 0.818. The van der Waals surface area contributed by atoms with E-state index in [-0.39, 0.29) is 5.15 Å². The van der Waals surface area contributed by atoms with Crippen LogP contribution < -0.4 is 9.80 Å². The van der Waals surface area contributed by atoms with E-state index in [1.165, 1.54) is 0 Å². The highest BCUT2D eigenvalue weighted by molar-refractivity contribution is 6.43. The molecule has 0 aromatic carbocycles. The number of hydrogen-bond donors (Lipinski definition) is 0. The van der Waals surface area contributed by atoms with Gasteiger partial charge in [0.2, 0.25) is 0 Å². The number of fused-ring (bicyclic) bond motifs is 1. The van der Waals surface area contributed by atoms with E-state index in [4.69, 9.17) is 23.2 Å². The number of rotatable bonds is 2. The first kappa shape index (κ1) is 11.7. The molecule has 0 saturated heterocycles. The highest BCUT2D eigenvalue weighted by Crippen LogP contribution is 2.39. The van der Waals surface area contributed by atoms with Crippen molar-refractivity contribution in [1.29, 1.82) is 0 Å². The fraction of sp³-hybridized carbons (Fsp3) is 0.600. The zero-order valence-electron chi connectivity index (χ0n) is 9.37. The number of anilines is 2. The molecule has 1 aromatic rings. The Balaban J connectivity index is 2.54. The van der Waals surface area contributed by atoms with Crippen LogP contribution in [-0.2, 0) is 0 Å². The zero-order chi connectivity index (χ0) is 11.7. The van der Waals surface area contributed by atoms with Gasteiger partial charge in [-0.15, -0.1) is 10.2 Å². The highest BCUT2D eigenvalue weighted by Gasteiger charge is 2.26. The maximum absolute atomic E-state index is 6.20. The minimum Gasteiger partial charge on any atom is -0.366 e. The van der Waals surface area contributed by atoms with Crippen molar-refractivity contribution in [2.24, 2.45) is 0 Å². The largest absolute Gasteiger partial charge is 0.366 e. The lowest BCUT2D eigenvalue weighted by Gasteiger charge is -2.36. The van der Waals surface area contributed by atoms with Crippen molar-refractivity contribution in [2.75, 3.05) is 36.0 Å². The summed E-state index contributed by atoms with van der Waals surface area (Å²) in [5.41, 5.74) is 0.914. The van der Waals surface area contributed by atoms with Gasteiger partial charge >= 0.3 is 0 Å². The van der Waals surface area contributed by atoms with Gasteiger partial charge in [0.1, 0.15) is 10.7 Å². The summed E-state index contributed by atoms with van der Waals surface area (Å²) in [6, 6.07) is 0. The van der Waals surface area contributed by atoms with E-state index in [9.17, 15) is 0 Å². The van der Waals surface area contributed by atoms with E-state index < -0.39 is 0 Å². The molecule has 1 aromatic heterocycles. The molecule has 16 heavy (non-hydrogen) atoms. The molecule has 0 amide bonds. The van der Waals surface area contributed by atoms with Gasteiger partial charge in [0.25, 0.3) is 0 Å². The maximum atomic E-state index is 6.20. The van der Waals surface area contributed by atoms with Crippen LogP contribution in [0.25, 0.3) is 0 Å². The fourth-order valence-corrected chi connectivity index (χ4v) is 2.32. The predicted octanol–water partition coefficient (Wildman–Crippen LogP) is 2.45. The van der Waals surface area contributed by atoms with Gasteiger partial charge < -0.3 is 9.80 Å². The van der Waals surface area contributed by atoms with E-state index >= 15 is 0 Å². The second kappa shape index (κ2) is 4.63. The van der Waals surface area contributed by atoms with Crippen LogP contribution in [0.1, 0.15) is 13.8 Å². The molecule has 88 valence electrons. The third-order valence-electron chi connectivity index (χ3n) is 2.85. The van der Waals surface area contributed by atoms with Gasteiger partial charge in [-0.25, -0.2) is 0 Å². The van der Waals surface area contributed by atoms with Crippen molar-refractivity contribution in [3.8, 4) is 0 Å². The zero-order valence-corrected chi connectivity index (χ0v) is 10.9. The van der Waals surface area contributed by atoms with E-state index in [2.05, 4.69) is 33.8 Å². The summed E-state index contributed by atoms with van der Waals surface area (Å²) in [6.07, 6.45) is 0. The van der Waals surface area contributed by atoms with Crippen molar-refractivity contribution in [1.82, 2.24) is 10.2 Å². The molecule has 0 bridgehead atoms. The van der Waals surface area contributed by atoms with Crippen LogP contribution >= 0.6 is 23.2 Å². The maximum Gasteiger partial charge on any atom is 0.176 e. The second-order valence-electron chi connectivity index (χ2n) is 3.64. The van der Waals surface area contributed by atoms with Crippen LogP contribution in [-0.4, -0.2) is 36.4 Å². The van der Waals surface area contributed by atoms with Gasteiger partial charge in [-0.1, -0.05) is 23.2 Å². The molecule has 0 radical (unpaired) electrons. The molecule has 6 heteroatoms. The molecule has 2 heterocycles. The Kier molecular flexibility index (Phi) is 3.40. The standard InChI is InChI=1S/C10H14Cl2N4/c1-3-15-5-6-16(4-2)10-8(15)7(11)9(12)13-14-10/h3-6H2,1-2H3. The number of nitrogens with zero attached hydrogens (tertiary/aromatic N) is 4. The summed E-state index contributed by atoms with van der Waals surface area (Å²) in [5.74, 6) is 0.838. The number of hydrogen-bond acceptors (Lipinski definition) is 4. The molecular formula is C10H14Cl2N4. The van der Waals surface area contributed by atoms with Crippen molar-refractivity contribution >= 4 is 34.7 Å². The molecule has 0 spiro atoms. The van der Waals surface area contributed by atoms with Crippen molar-refractivity contribution in [3.05, 3.63) is 10.2 Å². The number of likely N-dealkylation sites (N-methyl/N-ethyl adjacent to an activating group) is 2. The first-order valence-corrected chi connectivity index (χ1v) is 6.16. The van der Waals surface area contributed by atoms with Gasteiger partial charge in [-0.3, -0.25) is 0 Å². The topological polar surface area (TPSA) is 32.3 Å². The third-order valence-corrected chi connectivity index (χ3v) is 3.57. The molecule has 0 unspecified atom stereocenters. The van der Waals surface area contributed by atoms with Crippen LogP contribution in [0.5, 0.6) is 0 Å². The minimum atomic E-state index is 0.275. The van der Waals surface area contributed by atoms with Crippen LogP contribution in [0, 0.1) is 0 Å². The second-order valence-corrected chi connectivity index (χ2v) is 4.37. The lowest BCUT2D eigenvalue weighted by molar-refractivity contribution is 0.702. The SMILES string of the molecule is CCN1CCN(CC)c2c1nnc(Cl)c2Cl.